The number of aromatic nitrogens is 1. The second-order valence-electron chi connectivity index (χ2n) is 5.54. The summed E-state index contributed by atoms with van der Waals surface area (Å²) in [5.41, 5.74) is 3.41. The van der Waals surface area contributed by atoms with Crippen molar-refractivity contribution in [3.63, 3.8) is 0 Å². The van der Waals surface area contributed by atoms with Crippen molar-refractivity contribution in [3.05, 3.63) is 58.7 Å². The molecule has 0 aliphatic carbocycles. The second kappa shape index (κ2) is 6.99. The fourth-order valence-electron chi connectivity index (χ4n) is 2.58. The minimum atomic E-state index is -0.504. The lowest BCUT2D eigenvalue weighted by atomic mass is 10.1. The largest absolute Gasteiger partial charge is 0.495 e. The number of methoxy groups -OCH3 is 2. The molecular formula is C19H17ClN2O3. The Hall–Kier alpha value is -2.79. The first-order valence-electron chi connectivity index (χ1n) is 7.62. The van der Waals surface area contributed by atoms with Gasteiger partial charge in [-0.25, -0.2) is 9.78 Å². The fourth-order valence-corrected chi connectivity index (χ4v) is 2.75. The van der Waals surface area contributed by atoms with Crippen molar-refractivity contribution in [2.45, 2.75) is 6.92 Å². The van der Waals surface area contributed by atoms with Crippen LogP contribution in [0.15, 0.2) is 42.5 Å². The number of ether oxygens (including phenoxy) is 2. The summed E-state index contributed by atoms with van der Waals surface area (Å²) in [6, 6.07) is 12.8. The van der Waals surface area contributed by atoms with E-state index in [4.69, 9.17) is 21.1 Å². The van der Waals surface area contributed by atoms with E-state index in [1.54, 1.807) is 31.4 Å². The van der Waals surface area contributed by atoms with E-state index in [1.165, 1.54) is 7.11 Å². The van der Waals surface area contributed by atoms with E-state index in [1.807, 2.05) is 25.1 Å². The number of fused-ring (bicyclic) bond motifs is 1. The smallest absolute Gasteiger partial charge is 0.356 e. The number of nitrogens with one attached hydrogen (secondary N) is 1. The number of carbonyl (C=O) groups excluding carboxylic acids is 1. The Bertz CT molecular complexity index is 957. The molecule has 0 aliphatic heterocycles. The van der Waals surface area contributed by atoms with Gasteiger partial charge in [0.15, 0.2) is 5.69 Å². The number of hydrogen-bond acceptors (Lipinski definition) is 5. The summed E-state index contributed by atoms with van der Waals surface area (Å²) in [5.74, 6) is 0.188. The molecule has 1 N–H and O–H groups in total. The topological polar surface area (TPSA) is 60.5 Å². The molecule has 0 atom stereocenters. The monoisotopic (exact) mass is 356 g/mol. The molecule has 3 aromatic rings. The minimum absolute atomic E-state index is 0.214. The molecule has 0 fully saturated rings. The normalized spacial score (nSPS) is 10.6. The van der Waals surface area contributed by atoms with Crippen LogP contribution in [0, 0.1) is 6.92 Å². The minimum Gasteiger partial charge on any atom is -0.495 e. The van der Waals surface area contributed by atoms with Gasteiger partial charge in [0.1, 0.15) is 5.75 Å². The van der Waals surface area contributed by atoms with Gasteiger partial charge in [-0.2, -0.15) is 0 Å². The number of benzene rings is 2. The number of pyridine rings is 1. The Morgan fingerprint density at radius 2 is 1.88 bits per heavy atom. The lowest BCUT2D eigenvalue weighted by molar-refractivity contribution is 0.0594. The molecule has 0 saturated heterocycles. The first-order chi connectivity index (χ1) is 12.0. The fraction of sp³-hybridized carbons (Fsp3) is 0.158. The van der Waals surface area contributed by atoms with Crippen molar-refractivity contribution in [3.8, 4) is 5.75 Å². The van der Waals surface area contributed by atoms with E-state index in [0.29, 0.717) is 22.0 Å². The maximum absolute atomic E-state index is 11.9. The van der Waals surface area contributed by atoms with Crippen LogP contribution in [0.25, 0.3) is 10.9 Å². The molecule has 1 aromatic heterocycles. The number of aryl methyl sites for hydroxylation is 1. The van der Waals surface area contributed by atoms with Crippen LogP contribution >= 0.6 is 11.6 Å². The molecule has 2 aromatic carbocycles. The van der Waals surface area contributed by atoms with E-state index in [2.05, 4.69) is 10.3 Å². The molecule has 0 aliphatic rings. The van der Waals surface area contributed by atoms with Gasteiger partial charge in [0.25, 0.3) is 0 Å². The lowest BCUT2D eigenvalue weighted by Crippen LogP contribution is -2.06. The van der Waals surface area contributed by atoms with Gasteiger partial charge in [-0.1, -0.05) is 17.7 Å². The number of rotatable bonds is 4. The van der Waals surface area contributed by atoms with Gasteiger partial charge in [0.2, 0.25) is 0 Å². The number of carbonyl (C=O) groups is 1. The summed E-state index contributed by atoms with van der Waals surface area (Å²) in [5, 5.41) is 4.70. The molecule has 0 amide bonds. The molecule has 0 unspecified atom stereocenters. The molecule has 1 heterocycles. The third-order valence-corrected chi connectivity index (χ3v) is 4.02. The summed E-state index contributed by atoms with van der Waals surface area (Å²) in [7, 11) is 2.93. The van der Waals surface area contributed by atoms with Crippen LogP contribution in [0.2, 0.25) is 5.02 Å². The van der Waals surface area contributed by atoms with Gasteiger partial charge < -0.3 is 14.8 Å². The zero-order chi connectivity index (χ0) is 18.0. The standard InChI is InChI=1S/C19H17ClN2O3/c1-11-4-7-18(24-2)16(8-11)22-15-10-17(19(23)25-3)21-14-6-5-12(20)9-13(14)15/h4-10H,1-3H3,(H,21,22). The van der Waals surface area contributed by atoms with Crippen LogP contribution in [0.5, 0.6) is 5.75 Å². The summed E-state index contributed by atoms with van der Waals surface area (Å²) < 4.78 is 10.2. The number of halogens is 1. The molecular weight excluding hydrogens is 340 g/mol. The molecule has 3 rings (SSSR count). The molecule has 25 heavy (non-hydrogen) atoms. The predicted octanol–water partition coefficient (Wildman–Crippen LogP) is 4.74. The highest BCUT2D eigenvalue weighted by Crippen LogP contribution is 2.33. The summed E-state index contributed by atoms with van der Waals surface area (Å²) >= 11 is 6.14. The molecule has 0 saturated carbocycles. The van der Waals surface area contributed by atoms with Gasteiger partial charge in [0, 0.05) is 10.4 Å². The van der Waals surface area contributed by atoms with Gasteiger partial charge >= 0.3 is 5.97 Å². The van der Waals surface area contributed by atoms with Crippen LogP contribution in [0.3, 0.4) is 0 Å². The Kier molecular flexibility index (Phi) is 4.76. The highest BCUT2D eigenvalue weighted by molar-refractivity contribution is 6.31. The van der Waals surface area contributed by atoms with E-state index in [9.17, 15) is 4.79 Å². The zero-order valence-electron chi connectivity index (χ0n) is 14.1. The lowest BCUT2D eigenvalue weighted by Gasteiger charge is -2.15. The first kappa shape index (κ1) is 17.0. The maximum atomic E-state index is 11.9. The molecule has 0 radical (unpaired) electrons. The third-order valence-electron chi connectivity index (χ3n) is 3.79. The second-order valence-corrected chi connectivity index (χ2v) is 5.97. The zero-order valence-corrected chi connectivity index (χ0v) is 14.8. The molecule has 6 heteroatoms. The summed E-state index contributed by atoms with van der Waals surface area (Å²) in [4.78, 5) is 16.3. The van der Waals surface area contributed by atoms with Crippen molar-refractivity contribution in [1.82, 2.24) is 4.98 Å². The molecule has 0 spiro atoms. The SMILES string of the molecule is COC(=O)c1cc(Nc2cc(C)ccc2OC)c2cc(Cl)ccc2n1. The molecule has 5 nitrogen and oxygen atoms in total. The average Bonchev–Trinajstić information content (AvgIpc) is 2.61. The quantitative estimate of drug-likeness (QED) is 0.684. The van der Waals surface area contributed by atoms with Gasteiger partial charge in [-0.05, 0) is 48.9 Å². The van der Waals surface area contributed by atoms with Gasteiger partial charge in [-0.15, -0.1) is 0 Å². The van der Waals surface area contributed by atoms with E-state index >= 15 is 0 Å². The Morgan fingerprint density at radius 3 is 2.60 bits per heavy atom. The Morgan fingerprint density at radius 1 is 1.08 bits per heavy atom. The number of esters is 1. The number of anilines is 2. The van der Waals surface area contributed by atoms with Gasteiger partial charge in [-0.3, -0.25) is 0 Å². The number of nitrogens with zero attached hydrogens (tertiary/aromatic N) is 1. The highest BCUT2D eigenvalue weighted by Gasteiger charge is 2.14. The van der Waals surface area contributed by atoms with Crippen LogP contribution in [-0.2, 0) is 4.74 Å². The Labute approximate surface area is 150 Å². The average molecular weight is 357 g/mol. The summed E-state index contributed by atoms with van der Waals surface area (Å²) in [6.07, 6.45) is 0. The van der Waals surface area contributed by atoms with E-state index < -0.39 is 5.97 Å². The Balaban J connectivity index is 2.18. The molecule has 0 bridgehead atoms. The van der Waals surface area contributed by atoms with E-state index in [0.717, 1.165) is 16.6 Å². The third kappa shape index (κ3) is 3.51. The van der Waals surface area contributed by atoms with Crippen LogP contribution < -0.4 is 10.1 Å². The van der Waals surface area contributed by atoms with Crippen molar-refractivity contribution in [2.24, 2.45) is 0 Å². The molecule has 128 valence electrons. The van der Waals surface area contributed by atoms with Crippen molar-refractivity contribution in [2.75, 3.05) is 19.5 Å². The van der Waals surface area contributed by atoms with Crippen LogP contribution in [0.1, 0.15) is 16.1 Å². The van der Waals surface area contributed by atoms with Crippen LogP contribution in [-0.4, -0.2) is 25.2 Å². The number of hydrogen-bond donors (Lipinski definition) is 1. The first-order valence-corrected chi connectivity index (χ1v) is 8.00. The predicted molar refractivity (Wildman–Crippen MR) is 99.1 cm³/mol. The van der Waals surface area contributed by atoms with Gasteiger partial charge in [0.05, 0.1) is 31.1 Å². The van der Waals surface area contributed by atoms with Crippen molar-refractivity contribution >= 4 is 39.8 Å². The van der Waals surface area contributed by atoms with Crippen molar-refractivity contribution < 1.29 is 14.3 Å². The van der Waals surface area contributed by atoms with E-state index in [-0.39, 0.29) is 5.69 Å². The summed E-state index contributed by atoms with van der Waals surface area (Å²) in [6.45, 7) is 1.99. The maximum Gasteiger partial charge on any atom is 0.356 e. The van der Waals surface area contributed by atoms with Crippen molar-refractivity contribution in [1.29, 1.82) is 0 Å². The van der Waals surface area contributed by atoms with Crippen LogP contribution in [0.4, 0.5) is 11.4 Å². The highest BCUT2D eigenvalue weighted by atomic mass is 35.5.